The number of hydrogen-bond acceptors (Lipinski definition) is 4. The molecule has 0 radical (unpaired) electrons. The minimum atomic E-state index is -3.41. The summed E-state index contributed by atoms with van der Waals surface area (Å²) in [5, 5.41) is 17.4. The Morgan fingerprint density at radius 2 is 1.67 bits per heavy atom. The quantitative estimate of drug-likeness (QED) is 0.807. The molecular formula is C13H12N2O2S. The molecule has 18 heavy (non-hydrogen) atoms. The highest BCUT2D eigenvalue weighted by molar-refractivity contribution is 7.91. The summed E-state index contributed by atoms with van der Waals surface area (Å²) >= 11 is 0. The SMILES string of the molecule is Cc1ccc(C2C(S(C)(=O)=O)C2(C#N)C#N)cc1. The molecule has 0 bridgehead atoms. The molecule has 1 saturated carbocycles. The molecule has 5 heteroatoms. The Balaban J connectivity index is 2.50. The average Bonchev–Trinajstić information content (AvgIpc) is 3.00. The first-order chi connectivity index (χ1) is 8.36. The molecule has 0 heterocycles. The van der Waals surface area contributed by atoms with E-state index in [0.29, 0.717) is 0 Å². The lowest BCUT2D eigenvalue weighted by Gasteiger charge is -2.00. The van der Waals surface area contributed by atoms with Gasteiger partial charge in [-0.1, -0.05) is 29.8 Å². The summed E-state index contributed by atoms with van der Waals surface area (Å²) in [6.45, 7) is 1.92. The maximum atomic E-state index is 11.7. The molecule has 1 aliphatic rings. The van der Waals surface area contributed by atoms with E-state index in [1.807, 2.05) is 31.2 Å². The first-order valence-corrected chi connectivity index (χ1v) is 7.40. The molecule has 2 unspecified atom stereocenters. The fourth-order valence-electron chi connectivity index (χ4n) is 2.44. The monoisotopic (exact) mass is 260 g/mol. The number of nitrogens with zero attached hydrogens (tertiary/aromatic N) is 2. The van der Waals surface area contributed by atoms with E-state index in [-0.39, 0.29) is 0 Å². The summed E-state index contributed by atoms with van der Waals surface area (Å²) < 4.78 is 23.4. The van der Waals surface area contributed by atoms with Gasteiger partial charge in [-0.3, -0.25) is 0 Å². The van der Waals surface area contributed by atoms with Gasteiger partial charge in [-0.25, -0.2) is 8.42 Å². The van der Waals surface area contributed by atoms with Crippen LogP contribution in [0.25, 0.3) is 0 Å². The third kappa shape index (κ3) is 1.68. The molecule has 2 rings (SSSR count). The highest BCUT2D eigenvalue weighted by Gasteiger charge is 2.72. The zero-order valence-corrected chi connectivity index (χ0v) is 10.9. The van der Waals surface area contributed by atoms with E-state index in [4.69, 9.17) is 10.5 Å². The molecule has 0 spiro atoms. The van der Waals surface area contributed by atoms with Crippen molar-refractivity contribution in [3.8, 4) is 12.1 Å². The number of sulfone groups is 1. The fraction of sp³-hybridized carbons (Fsp3) is 0.385. The summed E-state index contributed by atoms with van der Waals surface area (Å²) in [4.78, 5) is 0. The topological polar surface area (TPSA) is 81.7 Å². The van der Waals surface area contributed by atoms with Crippen molar-refractivity contribution in [2.75, 3.05) is 6.26 Å². The summed E-state index contributed by atoms with van der Waals surface area (Å²) in [6, 6.07) is 11.0. The van der Waals surface area contributed by atoms with Gasteiger partial charge in [-0.15, -0.1) is 0 Å². The standard InChI is InChI=1S/C13H12N2O2S/c1-9-3-5-10(6-4-9)11-12(18(2,16)17)13(11,7-14)8-15/h3-6,11-12H,1-2H3. The van der Waals surface area contributed by atoms with Crippen LogP contribution >= 0.6 is 0 Å². The molecule has 1 fully saturated rings. The second kappa shape index (κ2) is 3.83. The average molecular weight is 260 g/mol. The minimum absolute atomic E-state index is 0.539. The summed E-state index contributed by atoms with van der Waals surface area (Å²) in [6.07, 6.45) is 1.08. The van der Waals surface area contributed by atoms with E-state index < -0.39 is 26.4 Å². The van der Waals surface area contributed by atoms with Crippen LogP contribution in [0.5, 0.6) is 0 Å². The normalized spacial score (nSPS) is 24.9. The van der Waals surface area contributed by atoms with Crippen molar-refractivity contribution in [1.29, 1.82) is 10.5 Å². The van der Waals surface area contributed by atoms with Crippen molar-refractivity contribution in [1.82, 2.24) is 0 Å². The predicted octanol–water partition coefficient (Wildman–Crippen LogP) is 1.54. The number of hydrogen-bond donors (Lipinski definition) is 0. The van der Waals surface area contributed by atoms with E-state index in [9.17, 15) is 8.42 Å². The Morgan fingerprint density at radius 1 is 1.17 bits per heavy atom. The van der Waals surface area contributed by atoms with Crippen LogP contribution in [0, 0.1) is 35.0 Å². The Morgan fingerprint density at radius 3 is 2.00 bits per heavy atom. The van der Waals surface area contributed by atoms with Crippen LogP contribution in [-0.2, 0) is 9.84 Å². The second-order valence-corrected chi connectivity index (χ2v) is 6.90. The molecule has 1 aromatic rings. The molecule has 2 atom stereocenters. The third-order valence-electron chi connectivity index (χ3n) is 3.40. The third-order valence-corrected chi connectivity index (χ3v) is 4.97. The maximum Gasteiger partial charge on any atom is 0.169 e. The smallest absolute Gasteiger partial charge is 0.169 e. The Labute approximate surface area is 106 Å². The van der Waals surface area contributed by atoms with Gasteiger partial charge in [0.2, 0.25) is 0 Å². The molecule has 92 valence electrons. The number of nitriles is 2. The van der Waals surface area contributed by atoms with Gasteiger partial charge >= 0.3 is 0 Å². The molecule has 1 aliphatic carbocycles. The van der Waals surface area contributed by atoms with Crippen molar-refractivity contribution < 1.29 is 8.42 Å². The summed E-state index contributed by atoms with van der Waals surface area (Å²) in [5.74, 6) is -0.539. The zero-order chi connectivity index (χ0) is 13.6. The first-order valence-electron chi connectivity index (χ1n) is 5.45. The highest BCUT2D eigenvalue weighted by atomic mass is 32.2. The van der Waals surface area contributed by atoms with Crippen LogP contribution in [0.4, 0.5) is 0 Å². The van der Waals surface area contributed by atoms with Gasteiger partial charge < -0.3 is 0 Å². The van der Waals surface area contributed by atoms with Crippen molar-refractivity contribution in [3.63, 3.8) is 0 Å². The van der Waals surface area contributed by atoms with E-state index >= 15 is 0 Å². The fourth-order valence-corrected chi connectivity index (χ4v) is 4.16. The van der Waals surface area contributed by atoms with Crippen LogP contribution in [0.1, 0.15) is 17.0 Å². The molecular weight excluding hydrogens is 248 g/mol. The first kappa shape index (κ1) is 12.6. The van der Waals surface area contributed by atoms with Crippen LogP contribution < -0.4 is 0 Å². The van der Waals surface area contributed by atoms with Gasteiger partial charge in [0.25, 0.3) is 0 Å². The molecule has 0 amide bonds. The number of rotatable bonds is 2. The lowest BCUT2D eigenvalue weighted by atomic mass is 10.0. The molecule has 0 saturated heterocycles. The van der Waals surface area contributed by atoms with E-state index in [1.54, 1.807) is 12.1 Å². The van der Waals surface area contributed by atoms with Gasteiger partial charge in [0.15, 0.2) is 15.3 Å². The van der Waals surface area contributed by atoms with E-state index in [0.717, 1.165) is 17.4 Å². The molecule has 0 aromatic heterocycles. The lowest BCUT2D eigenvalue weighted by molar-refractivity contribution is 0.597. The molecule has 0 aliphatic heterocycles. The predicted molar refractivity (Wildman–Crippen MR) is 66.2 cm³/mol. The Hall–Kier alpha value is -1.85. The largest absolute Gasteiger partial charge is 0.229 e. The number of benzene rings is 1. The Kier molecular flexibility index (Phi) is 2.68. The van der Waals surface area contributed by atoms with Crippen LogP contribution in [0.3, 0.4) is 0 Å². The van der Waals surface area contributed by atoms with Crippen molar-refractivity contribution in [2.45, 2.75) is 18.1 Å². The zero-order valence-electron chi connectivity index (χ0n) is 10.1. The maximum absolute atomic E-state index is 11.7. The van der Waals surface area contributed by atoms with Crippen LogP contribution in [0.2, 0.25) is 0 Å². The van der Waals surface area contributed by atoms with Crippen molar-refractivity contribution in [3.05, 3.63) is 35.4 Å². The van der Waals surface area contributed by atoms with Gasteiger partial charge in [0, 0.05) is 12.2 Å². The van der Waals surface area contributed by atoms with Crippen LogP contribution in [0.15, 0.2) is 24.3 Å². The van der Waals surface area contributed by atoms with Crippen molar-refractivity contribution >= 4 is 9.84 Å². The van der Waals surface area contributed by atoms with Gasteiger partial charge in [-0.05, 0) is 12.5 Å². The van der Waals surface area contributed by atoms with Gasteiger partial charge in [-0.2, -0.15) is 10.5 Å². The summed E-state index contributed by atoms with van der Waals surface area (Å²) in [7, 11) is -3.41. The van der Waals surface area contributed by atoms with E-state index in [2.05, 4.69) is 0 Å². The molecule has 4 nitrogen and oxygen atoms in total. The van der Waals surface area contributed by atoms with Gasteiger partial charge in [0.1, 0.15) is 5.25 Å². The molecule has 1 aromatic carbocycles. The summed E-state index contributed by atoms with van der Waals surface area (Å²) in [5.41, 5.74) is 0.358. The highest BCUT2D eigenvalue weighted by Crippen LogP contribution is 2.62. The number of aryl methyl sites for hydroxylation is 1. The second-order valence-electron chi connectivity index (χ2n) is 4.73. The lowest BCUT2D eigenvalue weighted by Crippen LogP contribution is -2.11. The molecule has 0 N–H and O–H groups in total. The van der Waals surface area contributed by atoms with Gasteiger partial charge in [0.05, 0.1) is 12.1 Å². The Bertz CT molecular complexity index is 648. The van der Waals surface area contributed by atoms with Crippen LogP contribution in [-0.4, -0.2) is 19.9 Å². The van der Waals surface area contributed by atoms with E-state index in [1.165, 1.54) is 0 Å². The van der Waals surface area contributed by atoms with Crippen molar-refractivity contribution in [2.24, 2.45) is 5.41 Å². The minimum Gasteiger partial charge on any atom is -0.229 e.